The Bertz CT molecular complexity index is 927. The van der Waals surface area contributed by atoms with Crippen LogP contribution in [0.5, 0.6) is 0 Å². The number of esters is 1. The second-order valence-corrected chi connectivity index (χ2v) is 12.5. The molecule has 0 N–H and O–H groups in total. The Morgan fingerprint density at radius 2 is 1.23 bits per heavy atom. The number of hydrogen-bond acceptors (Lipinski definition) is 7. The van der Waals surface area contributed by atoms with Crippen LogP contribution < -0.4 is 4.50 Å². The Kier molecular flexibility index (Phi) is 8.20. The minimum absolute atomic E-state index is 0.00113. The first-order valence-electron chi connectivity index (χ1n) is 11.7. The van der Waals surface area contributed by atoms with Crippen LogP contribution in [-0.2, 0) is 41.1 Å². The van der Waals surface area contributed by atoms with Crippen molar-refractivity contribution >= 4 is 10.5 Å². The number of hydrogen-bond donors (Lipinski definition) is 0. The zero-order chi connectivity index (χ0) is 25.1. The van der Waals surface area contributed by atoms with E-state index < -0.39 is 32.1 Å². The number of carbonyl (C=O) groups is 1. The maximum atomic E-state index is 12.7. The summed E-state index contributed by atoms with van der Waals surface area (Å²) in [4.78, 5) is 12.4. The Morgan fingerprint density at radius 3 is 1.69 bits per heavy atom. The van der Waals surface area contributed by atoms with Crippen LogP contribution in [0.2, 0.25) is 5.36 Å². The standard InChI is InChI=1S/C15H19O4.C12H15O2.Co.O/c1-4-17-13(16)11-5-7-12(8-6-11)14-18-9-15(2,3)10-19-14;1-12(2)8-13-11(14-9-12)10-6-4-3-5-7-10;;/h5-8,14H,1,4,9-10H2,2-3H3;4-7,11H,8-9H2,1-2H3;;. The fourth-order valence-corrected chi connectivity index (χ4v) is 4.81. The number of rotatable bonds is 7. The van der Waals surface area contributed by atoms with Crippen LogP contribution in [0.4, 0.5) is 0 Å². The van der Waals surface area contributed by atoms with Gasteiger partial charge in [-0.3, -0.25) is 0 Å². The van der Waals surface area contributed by atoms with Gasteiger partial charge in [-0.15, -0.1) is 0 Å². The zero-order valence-corrected chi connectivity index (χ0v) is 21.7. The summed E-state index contributed by atoms with van der Waals surface area (Å²) >= 11 is -1.66. The fraction of sp³-hybridized carbons (Fsp3) is 0.519. The zero-order valence-electron chi connectivity index (χ0n) is 20.7. The Labute approximate surface area is 211 Å². The summed E-state index contributed by atoms with van der Waals surface area (Å²) in [6.45, 7) is 10.9. The van der Waals surface area contributed by atoms with Crippen LogP contribution in [-0.4, -0.2) is 39.0 Å². The Balaban J connectivity index is 1.22. The van der Waals surface area contributed by atoms with Crippen molar-refractivity contribution in [2.45, 2.75) is 45.6 Å². The molecule has 0 unspecified atom stereocenters. The van der Waals surface area contributed by atoms with Crippen molar-refractivity contribution in [3.63, 3.8) is 0 Å². The summed E-state index contributed by atoms with van der Waals surface area (Å²) in [7, 11) is 0. The van der Waals surface area contributed by atoms with Gasteiger partial charge in [-0.2, -0.15) is 0 Å². The van der Waals surface area contributed by atoms with Gasteiger partial charge >= 0.3 is 197 Å². The van der Waals surface area contributed by atoms with E-state index in [-0.39, 0.29) is 22.8 Å². The van der Waals surface area contributed by atoms with Gasteiger partial charge in [0.15, 0.2) is 0 Å². The molecule has 193 valence electrons. The monoisotopic (exact) mass is 529 g/mol. The van der Waals surface area contributed by atoms with Gasteiger partial charge in [0.25, 0.3) is 0 Å². The quantitative estimate of drug-likeness (QED) is 0.482. The van der Waals surface area contributed by atoms with Gasteiger partial charge in [-0.05, 0) is 0 Å². The van der Waals surface area contributed by atoms with Crippen LogP contribution in [0.25, 0.3) is 0 Å². The molecule has 7 nitrogen and oxygen atoms in total. The normalized spacial score (nSPS) is 20.9. The molecule has 0 spiro atoms. The summed E-state index contributed by atoms with van der Waals surface area (Å²) in [5, 5.41) is 0.250. The van der Waals surface area contributed by atoms with Gasteiger partial charge in [0.05, 0.1) is 0 Å². The summed E-state index contributed by atoms with van der Waals surface area (Å²) in [5.74, 6) is -0.448. The van der Waals surface area contributed by atoms with Crippen molar-refractivity contribution < 1.29 is 45.9 Å². The molecule has 2 heterocycles. The Morgan fingerprint density at radius 1 is 0.800 bits per heavy atom. The first kappa shape index (κ1) is 26.1. The van der Waals surface area contributed by atoms with Gasteiger partial charge in [-0.1, -0.05) is 13.8 Å². The summed E-state index contributed by atoms with van der Waals surface area (Å²) in [5.41, 5.74) is 2.19. The first-order valence-corrected chi connectivity index (χ1v) is 13.4. The second-order valence-electron chi connectivity index (χ2n) is 10.5. The molecule has 2 fully saturated rings. The minimum atomic E-state index is -1.66. The number of benzene rings is 2. The van der Waals surface area contributed by atoms with Crippen molar-refractivity contribution in [2.75, 3.05) is 33.0 Å². The molecule has 4 rings (SSSR count). The van der Waals surface area contributed by atoms with Crippen molar-refractivity contribution in [3.8, 4) is 0 Å². The second kappa shape index (κ2) is 11.0. The molecule has 0 aliphatic carbocycles. The molecule has 2 aromatic carbocycles. The predicted octanol–water partition coefficient (Wildman–Crippen LogP) is 4.69. The van der Waals surface area contributed by atoms with E-state index in [2.05, 4.69) is 27.7 Å². The van der Waals surface area contributed by atoms with E-state index in [0.29, 0.717) is 36.5 Å². The number of carbonyl (C=O) groups excluding carboxylic acids is 1. The molecule has 35 heavy (non-hydrogen) atoms. The molecule has 0 aromatic heterocycles. The van der Waals surface area contributed by atoms with Gasteiger partial charge < -0.3 is 0 Å². The molecule has 0 atom stereocenters. The van der Waals surface area contributed by atoms with Gasteiger partial charge in [0, 0.05) is 0 Å². The van der Waals surface area contributed by atoms with Crippen molar-refractivity contribution in [3.05, 3.63) is 65.2 Å². The van der Waals surface area contributed by atoms with E-state index >= 15 is 0 Å². The van der Waals surface area contributed by atoms with E-state index in [1.54, 1.807) is 12.1 Å². The molecule has 0 saturated carbocycles. The summed E-state index contributed by atoms with van der Waals surface area (Å²) in [6, 6.07) is 14.4. The Hall–Kier alpha value is -1.94. The molecule has 2 aromatic rings. The third-order valence-electron chi connectivity index (χ3n) is 5.71. The van der Waals surface area contributed by atoms with E-state index in [4.69, 9.17) is 23.7 Å². The molecule has 2 saturated heterocycles. The van der Waals surface area contributed by atoms with Crippen LogP contribution >= 0.6 is 0 Å². The molecule has 0 radical (unpaired) electrons. The van der Waals surface area contributed by atoms with Crippen molar-refractivity contribution in [1.29, 1.82) is 0 Å². The van der Waals surface area contributed by atoms with Gasteiger partial charge in [0.1, 0.15) is 0 Å². The molecule has 0 bridgehead atoms. The summed E-state index contributed by atoms with van der Waals surface area (Å²) < 4.78 is 41.9. The van der Waals surface area contributed by atoms with Crippen LogP contribution in [0.15, 0.2) is 48.5 Å². The van der Waals surface area contributed by atoms with Crippen molar-refractivity contribution in [2.24, 2.45) is 10.8 Å². The molecular weight excluding hydrogens is 495 g/mol. The van der Waals surface area contributed by atoms with Crippen LogP contribution in [0.3, 0.4) is 0 Å². The first-order chi connectivity index (χ1) is 16.6. The average Bonchev–Trinajstić information content (AvgIpc) is 2.84. The third kappa shape index (κ3) is 7.06. The van der Waals surface area contributed by atoms with Gasteiger partial charge in [0.2, 0.25) is 0 Å². The molecule has 0 amide bonds. The van der Waals surface area contributed by atoms with E-state index in [1.807, 2.05) is 36.4 Å². The molecule has 2 aliphatic rings. The molecular formula is C27H34CoO7. The third-order valence-corrected chi connectivity index (χ3v) is 7.42. The van der Waals surface area contributed by atoms with E-state index in [1.165, 1.54) is 0 Å². The fourth-order valence-electron chi connectivity index (χ4n) is 3.65. The van der Waals surface area contributed by atoms with E-state index in [0.717, 1.165) is 11.1 Å². The van der Waals surface area contributed by atoms with E-state index in [9.17, 15) is 8.66 Å². The molecule has 8 heteroatoms. The SMILES string of the molecule is CC1(C)COC(c2ccc(C(=O)OC[CH2][Co](=[O])[c]3ccc(C4OCC(C)(C)CO4)cc3)cc2)OC1. The summed E-state index contributed by atoms with van der Waals surface area (Å²) in [6.07, 6.45) is -0.823. The number of ether oxygens (including phenoxy) is 5. The predicted molar refractivity (Wildman–Crippen MR) is 125 cm³/mol. The van der Waals surface area contributed by atoms with Gasteiger partial charge in [-0.25, -0.2) is 0 Å². The maximum absolute atomic E-state index is 12.7. The average molecular weight is 529 g/mol. The molecule has 2 aliphatic heterocycles. The van der Waals surface area contributed by atoms with Crippen LogP contribution in [0.1, 0.15) is 61.8 Å². The van der Waals surface area contributed by atoms with Crippen molar-refractivity contribution in [1.82, 2.24) is 0 Å². The topological polar surface area (TPSA) is 80.3 Å². The van der Waals surface area contributed by atoms with Crippen LogP contribution in [0, 0.1) is 10.8 Å².